The molecule has 1 aliphatic heterocycles. The number of fused-ring (bicyclic) bond motifs is 1. The molecule has 2 fully saturated rings. The Labute approximate surface area is 166 Å². The van der Waals surface area contributed by atoms with E-state index in [1.54, 1.807) is 4.72 Å². The van der Waals surface area contributed by atoms with Crippen molar-refractivity contribution in [1.82, 2.24) is 10.0 Å². The zero-order chi connectivity index (χ0) is 21.0. The Balaban J connectivity index is 1.47. The third kappa shape index (κ3) is 3.89. The predicted molar refractivity (Wildman–Crippen MR) is 98.6 cm³/mol. The van der Waals surface area contributed by atoms with Crippen molar-refractivity contribution in [2.24, 2.45) is 5.92 Å². The summed E-state index contributed by atoms with van der Waals surface area (Å²) in [5.74, 6) is -4.73. The largest absolute Gasteiger partial charge is 0.506 e. The van der Waals surface area contributed by atoms with Gasteiger partial charge in [-0.2, -0.15) is 8.42 Å². The number of hydrogen-bond donors (Lipinski definition) is 3. The van der Waals surface area contributed by atoms with Crippen LogP contribution in [0.5, 0.6) is 5.75 Å². The fraction of sp³-hybridized carbons (Fsp3) is 0.611. The van der Waals surface area contributed by atoms with Gasteiger partial charge in [-0.05, 0) is 55.3 Å². The molecule has 11 heteroatoms. The number of rotatable bonds is 5. The van der Waals surface area contributed by atoms with Gasteiger partial charge < -0.3 is 10.4 Å². The van der Waals surface area contributed by atoms with Crippen molar-refractivity contribution in [1.29, 1.82) is 0 Å². The molecule has 1 saturated heterocycles. The van der Waals surface area contributed by atoms with Gasteiger partial charge >= 0.3 is 10.2 Å². The lowest BCUT2D eigenvalue weighted by molar-refractivity contribution is -0.117. The summed E-state index contributed by atoms with van der Waals surface area (Å²) in [5, 5.41) is 13.5. The first-order chi connectivity index (χ1) is 13.6. The van der Waals surface area contributed by atoms with Crippen molar-refractivity contribution >= 4 is 21.8 Å². The van der Waals surface area contributed by atoms with Gasteiger partial charge in [-0.3, -0.25) is 4.79 Å². The minimum absolute atomic E-state index is 0.000858. The maximum Gasteiger partial charge on any atom is 0.326 e. The second kappa shape index (κ2) is 7.05. The van der Waals surface area contributed by atoms with Crippen molar-refractivity contribution in [2.75, 3.05) is 17.4 Å². The van der Waals surface area contributed by atoms with E-state index >= 15 is 4.39 Å². The molecule has 2 aliphatic carbocycles. The maximum atomic E-state index is 15.2. The molecule has 0 unspecified atom stereocenters. The Morgan fingerprint density at radius 2 is 2.07 bits per heavy atom. The van der Waals surface area contributed by atoms with Crippen molar-refractivity contribution in [2.45, 2.75) is 50.5 Å². The van der Waals surface area contributed by atoms with E-state index in [-0.39, 0.29) is 31.2 Å². The van der Waals surface area contributed by atoms with Gasteiger partial charge in [0.15, 0.2) is 5.82 Å². The second-order valence-electron chi connectivity index (χ2n) is 8.05. The van der Waals surface area contributed by atoms with Gasteiger partial charge in [0.2, 0.25) is 5.92 Å². The zero-order valence-electron chi connectivity index (χ0n) is 15.6. The highest BCUT2D eigenvalue weighted by molar-refractivity contribution is 7.92. The Morgan fingerprint density at radius 1 is 1.34 bits per heavy atom. The number of halogens is 3. The highest BCUT2D eigenvalue weighted by Crippen LogP contribution is 2.44. The minimum atomic E-state index is -4.25. The lowest BCUT2D eigenvalue weighted by atomic mass is 9.79. The standard InChI is InChI=1S/C18H22F3N3O4S/c19-16-13-6-12(22-4-3-10-7-18(20,21)8-10)2-1-11(13)5-14(25)17(16)24-9-15(26)23-29(24,27)28/h5,10,12,22,25H,1-4,6-9H2,(H,23,26)/t12-/m1/s1. The molecule has 1 saturated carbocycles. The van der Waals surface area contributed by atoms with Crippen LogP contribution >= 0.6 is 0 Å². The van der Waals surface area contributed by atoms with E-state index in [0.29, 0.717) is 41.2 Å². The molecule has 7 nitrogen and oxygen atoms in total. The Hall–Kier alpha value is -2.01. The first-order valence-electron chi connectivity index (χ1n) is 9.53. The summed E-state index contributed by atoms with van der Waals surface area (Å²) in [5.41, 5.74) is 0.363. The molecule has 4 rings (SSSR count). The van der Waals surface area contributed by atoms with Gasteiger partial charge in [-0.15, -0.1) is 0 Å². The molecular formula is C18H22F3N3O4S. The number of nitrogens with one attached hydrogen (secondary N) is 2. The van der Waals surface area contributed by atoms with E-state index < -0.39 is 45.8 Å². The minimum Gasteiger partial charge on any atom is -0.506 e. The molecule has 0 radical (unpaired) electrons. The molecule has 160 valence electrons. The van der Waals surface area contributed by atoms with Crippen LogP contribution < -0.4 is 14.3 Å². The number of aromatic hydroxyl groups is 1. The lowest BCUT2D eigenvalue weighted by Crippen LogP contribution is -2.40. The van der Waals surface area contributed by atoms with E-state index in [1.165, 1.54) is 6.07 Å². The summed E-state index contributed by atoms with van der Waals surface area (Å²) in [6.45, 7) is -0.0501. The van der Waals surface area contributed by atoms with Gasteiger partial charge in [0.1, 0.15) is 18.0 Å². The van der Waals surface area contributed by atoms with Crippen LogP contribution in [-0.4, -0.2) is 44.5 Å². The van der Waals surface area contributed by atoms with E-state index in [2.05, 4.69) is 5.32 Å². The molecule has 0 aromatic heterocycles. The molecule has 29 heavy (non-hydrogen) atoms. The zero-order valence-corrected chi connectivity index (χ0v) is 16.4. The smallest absolute Gasteiger partial charge is 0.326 e. The van der Waals surface area contributed by atoms with Gasteiger partial charge in [-0.1, -0.05) is 0 Å². The fourth-order valence-electron chi connectivity index (χ4n) is 4.38. The number of amides is 1. The average Bonchev–Trinajstić information content (AvgIpc) is 2.86. The monoisotopic (exact) mass is 433 g/mol. The van der Waals surface area contributed by atoms with Crippen LogP contribution in [0.3, 0.4) is 0 Å². The Bertz CT molecular complexity index is 946. The molecule has 1 aromatic rings. The van der Waals surface area contributed by atoms with Crippen molar-refractivity contribution < 1.29 is 31.5 Å². The highest BCUT2D eigenvalue weighted by Gasteiger charge is 2.44. The van der Waals surface area contributed by atoms with Crippen LogP contribution in [0.15, 0.2) is 6.07 Å². The van der Waals surface area contributed by atoms with Crippen molar-refractivity contribution in [3.8, 4) is 5.75 Å². The topological polar surface area (TPSA) is 98.7 Å². The van der Waals surface area contributed by atoms with E-state index in [0.717, 1.165) is 0 Å². The van der Waals surface area contributed by atoms with Crippen LogP contribution in [-0.2, 0) is 27.8 Å². The number of alkyl halides is 2. The molecule has 3 aliphatic rings. The van der Waals surface area contributed by atoms with Crippen LogP contribution in [0.1, 0.15) is 36.8 Å². The van der Waals surface area contributed by atoms with Crippen LogP contribution in [0.4, 0.5) is 18.9 Å². The number of aryl methyl sites for hydroxylation is 1. The van der Waals surface area contributed by atoms with Crippen molar-refractivity contribution in [3.05, 3.63) is 23.0 Å². The van der Waals surface area contributed by atoms with Crippen LogP contribution in [0.25, 0.3) is 0 Å². The second-order valence-corrected chi connectivity index (χ2v) is 9.64. The number of phenolic OH excluding ortho intramolecular Hbond substituents is 1. The predicted octanol–water partition coefficient (Wildman–Crippen LogP) is 1.59. The van der Waals surface area contributed by atoms with Crippen LogP contribution in [0, 0.1) is 11.7 Å². The first-order valence-corrected chi connectivity index (χ1v) is 11.0. The Kier molecular flexibility index (Phi) is 4.93. The summed E-state index contributed by atoms with van der Waals surface area (Å²) in [6, 6.07) is 1.27. The lowest BCUT2D eigenvalue weighted by Gasteiger charge is -2.35. The number of anilines is 1. The summed E-state index contributed by atoms with van der Waals surface area (Å²) < 4.78 is 67.4. The molecule has 0 spiro atoms. The number of benzene rings is 1. The number of hydrogen-bond acceptors (Lipinski definition) is 5. The summed E-state index contributed by atoms with van der Waals surface area (Å²) >= 11 is 0. The van der Waals surface area contributed by atoms with E-state index in [4.69, 9.17) is 0 Å². The summed E-state index contributed by atoms with van der Waals surface area (Å²) in [4.78, 5) is 11.5. The van der Waals surface area contributed by atoms with Crippen molar-refractivity contribution in [3.63, 3.8) is 0 Å². The van der Waals surface area contributed by atoms with Gasteiger partial charge in [0.05, 0.1) is 0 Å². The molecule has 3 N–H and O–H groups in total. The molecule has 1 heterocycles. The third-order valence-electron chi connectivity index (χ3n) is 5.86. The van der Waals surface area contributed by atoms with Gasteiger partial charge in [0.25, 0.3) is 5.91 Å². The highest BCUT2D eigenvalue weighted by atomic mass is 32.2. The number of nitrogens with zero attached hydrogens (tertiary/aromatic N) is 1. The average molecular weight is 433 g/mol. The van der Waals surface area contributed by atoms with Gasteiger partial charge in [0, 0.05) is 18.9 Å². The fourth-order valence-corrected chi connectivity index (χ4v) is 5.54. The Morgan fingerprint density at radius 3 is 2.69 bits per heavy atom. The molecular weight excluding hydrogens is 411 g/mol. The number of carbonyl (C=O) groups is 1. The molecule has 1 aromatic carbocycles. The number of carbonyl (C=O) groups excluding carboxylic acids is 1. The van der Waals surface area contributed by atoms with E-state index in [1.807, 2.05) is 0 Å². The quantitative estimate of drug-likeness (QED) is 0.655. The van der Waals surface area contributed by atoms with Crippen LogP contribution in [0.2, 0.25) is 0 Å². The summed E-state index contributed by atoms with van der Waals surface area (Å²) in [6.07, 6.45) is 1.91. The third-order valence-corrected chi connectivity index (χ3v) is 7.23. The molecule has 1 amide bonds. The molecule has 0 bridgehead atoms. The number of phenols is 1. The first kappa shape index (κ1) is 20.3. The summed E-state index contributed by atoms with van der Waals surface area (Å²) in [7, 11) is -4.25. The van der Waals surface area contributed by atoms with Gasteiger partial charge in [-0.25, -0.2) is 22.2 Å². The molecule has 1 atom stereocenters. The SMILES string of the molecule is O=C1CN(c2c(O)cc3c(c2F)C[C@H](NCCC2CC(F)(F)C2)CC3)S(=O)(=O)N1. The van der Waals surface area contributed by atoms with E-state index in [9.17, 15) is 27.1 Å². The maximum absolute atomic E-state index is 15.2. The normalized spacial score (nSPS) is 25.4.